The van der Waals surface area contributed by atoms with Crippen molar-refractivity contribution in [3.8, 4) is 0 Å². The molecule has 0 saturated carbocycles. The van der Waals surface area contributed by atoms with Gasteiger partial charge in [-0.25, -0.2) is 0 Å². The summed E-state index contributed by atoms with van der Waals surface area (Å²) >= 11 is 0. The van der Waals surface area contributed by atoms with Crippen LogP contribution in [0.2, 0.25) is 0 Å². The second kappa shape index (κ2) is 5.25. The first kappa shape index (κ1) is 12.5. The van der Waals surface area contributed by atoms with Crippen LogP contribution in [0.1, 0.15) is 53.4 Å². The summed E-state index contributed by atoms with van der Waals surface area (Å²) in [6.45, 7) is 7.99. The van der Waals surface area contributed by atoms with Crippen LogP contribution in [0.4, 0.5) is 0 Å². The molecular weight excluding hydrogens is 164 g/mol. The van der Waals surface area contributed by atoms with E-state index in [4.69, 9.17) is 5.11 Å². The van der Waals surface area contributed by atoms with Gasteiger partial charge in [0.05, 0.1) is 5.41 Å². The van der Waals surface area contributed by atoms with Gasteiger partial charge in [-0.2, -0.15) is 0 Å². The minimum absolute atomic E-state index is 0.545. The number of rotatable bonds is 6. The van der Waals surface area contributed by atoms with Crippen LogP contribution in [0.25, 0.3) is 0 Å². The normalized spacial score (nSPS) is 12.1. The quantitative estimate of drug-likeness (QED) is 0.646. The second-order valence-corrected chi connectivity index (χ2v) is 4.83. The van der Waals surface area contributed by atoms with Crippen LogP contribution < -0.4 is 0 Å². The predicted molar refractivity (Wildman–Crippen MR) is 54.7 cm³/mol. The Kier molecular flexibility index (Phi) is 5.04. The lowest BCUT2D eigenvalue weighted by atomic mass is 9.86. The molecule has 0 saturated heterocycles. The van der Waals surface area contributed by atoms with Crippen molar-refractivity contribution in [2.75, 3.05) is 0 Å². The van der Waals surface area contributed by atoms with Crippen LogP contribution in [0.5, 0.6) is 0 Å². The van der Waals surface area contributed by atoms with E-state index in [9.17, 15) is 4.79 Å². The molecule has 0 aromatic heterocycles. The maximum atomic E-state index is 10.7. The maximum absolute atomic E-state index is 10.7. The van der Waals surface area contributed by atoms with Crippen LogP contribution in [0.3, 0.4) is 0 Å². The number of hydrogen-bond acceptors (Lipinski definition) is 1. The second-order valence-electron chi connectivity index (χ2n) is 4.83. The summed E-state index contributed by atoms with van der Waals surface area (Å²) in [6, 6.07) is 0. The first-order valence-electron chi connectivity index (χ1n) is 5.09. The van der Waals surface area contributed by atoms with Crippen molar-refractivity contribution in [3.05, 3.63) is 0 Å². The van der Waals surface area contributed by atoms with Crippen molar-refractivity contribution >= 4 is 5.97 Å². The van der Waals surface area contributed by atoms with Gasteiger partial charge in [-0.1, -0.05) is 33.1 Å². The van der Waals surface area contributed by atoms with E-state index in [-0.39, 0.29) is 0 Å². The summed E-state index contributed by atoms with van der Waals surface area (Å²) in [5, 5.41) is 8.85. The van der Waals surface area contributed by atoms with Crippen molar-refractivity contribution < 1.29 is 9.90 Å². The van der Waals surface area contributed by atoms with Crippen LogP contribution in [-0.2, 0) is 4.79 Å². The third-order valence-corrected chi connectivity index (χ3v) is 2.41. The molecule has 0 spiro atoms. The Hall–Kier alpha value is -0.530. The van der Waals surface area contributed by atoms with Crippen molar-refractivity contribution in [2.24, 2.45) is 11.3 Å². The molecule has 0 unspecified atom stereocenters. The minimum Gasteiger partial charge on any atom is -0.481 e. The van der Waals surface area contributed by atoms with Gasteiger partial charge in [0.25, 0.3) is 0 Å². The van der Waals surface area contributed by atoms with Gasteiger partial charge < -0.3 is 5.11 Å². The molecule has 13 heavy (non-hydrogen) atoms. The Morgan fingerprint density at radius 1 is 1.31 bits per heavy atom. The molecule has 0 bridgehead atoms. The van der Waals surface area contributed by atoms with Gasteiger partial charge in [0.2, 0.25) is 0 Å². The maximum Gasteiger partial charge on any atom is 0.309 e. The number of carboxylic acids is 1. The standard InChI is InChI=1S/C11H22O2/c1-9(2)7-5-6-8-11(3,4)10(12)13/h9H,5-8H2,1-4H3,(H,12,13). The zero-order chi connectivity index (χ0) is 10.5. The fourth-order valence-corrected chi connectivity index (χ4v) is 1.23. The first-order valence-corrected chi connectivity index (χ1v) is 5.09. The highest BCUT2D eigenvalue weighted by molar-refractivity contribution is 5.73. The molecule has 0 amide bonds. The highest BCUT2D eigenvalue weighted by atomic mass is 16.4. The molecule has 0 radical (unpaired) electrons. The lowest BCUT2D eigenvalue weighted by Crippen LogP contribution is -2.23. The Balaban J connectivity index is 3.58. The molecule has 78 valence electrons. The fourth-order valence-electron chi connectivity index (χ4n) is 1.23. The molecule has 0 aliphatic heterocycles. The van der Waals surface area contributed by atoms with E-state index in [1.54, 1.807) is 13.8 Å². The van der Waals surface area contributed by atoms with Crippen molar-refractivity contribution in [3.63, 3.8) is 0 Å². The number of unbranched alkanes of at least 4 members (excludes halogenated alkanes) is 1. The van der Waals surface area contributed by atoms with E-state index in [1.807, 2.05) is 0 Å². The van der Waals surface area contributed by atoms with Crippen LogP contribution in [0.15, 0.2) is 0 Å². The monoisotopic (exact) mass is 186 g/mol. The summed E-state index contributed by atoms with van der Waals surface area (Å²) in [4.78, 5) is 10.7. The van der Waals surface area contributed by atoms with Gasteiger partial charge in [-0.3, -0.25) is 4.79 Å². The molecule has 0 heterocycles. The van der Waals surface area contributed by atoms with Gasteiger partial charge >= 0.3 is 5.97 Å². The highest BCUT2D eigenvalue weighted by Gasteiger charge is 2.25. The lowest BCUT2D eigenvalue weighted by Gasteiger charge is -2.18. The molecule has 0 fully saturated rings. The van der Waals surface area contributed by atoms with Gasteiger partial charge in [-0.05, 0) is 26.2 Å². The molecule has 0 aromatic carbocycles. The SMILES string of the molecule is CC(C)CCCCC(C)(C)C(=O)O. The van der Waals surface area contributed by atoms with Gasteiger partial charge in [0, 0.05) is 0 Å². The molecule has 0 rings (SSSR count). The summed E-state index contributed by atoms with van der Waals surface area (Å²) in [7, 11) is 0. The van der Waals surface area contributed by atoms with Crippen molar-refractivity contribution in [1.29, 1.82) is 0 Å². The lowest BCUT2D eigenvalue weighted by molar-refractivity contribution is -0.147. The highest BCUT2D eigenvalue weighted by Crippen LogP contribution is 2.24. The van der Waals surface area contributed by atoms with E-state index < -0.39 is 11.4 Å². The minimum atomic E-state index is -0.683. The molecule has 0 aliphatic rings. The molecule has 0 aliphatic carbocycles. The number of carbonyl (C=O) groups is 1. The smallest absolute Gasteiger partial charge is 0.309 e. The van der Waals surface area contributed by atoms with Crippen LogP contribution in [0, 0.1) is 11.3 Å². The Labute approximate surface area is 81.3 Å². The van der Waals surface area contributed by atoms with Crippen LogP contribution in [-0.4, -0.2) is 11.1 Å². The van der Waals surface area contributed by atoms with Gasteiger partial charge in [0.1, 0.15) is 0 Å². The van der Waals surface area contributed by atoms with Gasteiger partial charge in [-0.15, -0.1) is 0 Å². The molecule has 2 nitrogen and oxygen atoms in total. The van der Waals surface area contributed by atoms with E-state index in [1.165, 1.54) is 6.42 Å². The zero-order valence-corrected chi connectivity index (χ0v) is 9.26. The third-order valence-electron chi connectivity index (χ3n) is 2.41. The molecule has 0 aromatic rings. The van der Waals surface area contributed by atoms with E-state index in [0.29, 0.717) is 0 Å². The molecule has 2 heteroatoms. The number of carboxylic acid groups (broad SMARTS) is 1. The van der Waals surface area contributed by atoms with E-state index in [0.717, 1.165) is 25.2 Å². The van der Waals surface area contributed by atoms with Gasteiger partial charge in [0.15, 0.2) is 0 Å². The number of hydrogen-bond donors (Lipinski definition) is 1. The summed E-state index contributed by atoms with van der Waals surface area (Å²) in [5.41, 5.74) is -0.545. The van der Waals surface area contributed by atoms with Crippen LogP contribution >= 0.6 is 0 Å². The predicted octanol–water partition coefficient (Wildman–Crippen LogP) is 3.31. The first-order chi connectivity index (χ1) is 5.86. The Morgan fingerprint density at radius 3 is 2.23 bits per heavy atom. The summed E-state index contributed by atoms with van der Waals surface area (Å²) in [6.07, 6.45) is 4.16. The summed E-state index contributed by atoms with van der Waals surface area (Å²) in [5.74, 6) is 0.0463. The summed E-state index contributed by atoms with van der Waals surface area (Å²) < 4.78 is 0. The topological polar surface area (TPSA) is 37.3 Å². The average Bonchev–Trinajstić information content (AvgIpc) is 1.97. The Morgan fingerprint density at radius 2 is 1.85 bits per heavy atom. The largest absolute Gasteiger partial charge is 0.481 e. The number of aliphatic carboxylic acids is 1. The average molecular weight is 186 g/mol. The van der Waals surface area contributed by atoms with Crippen molar-refractivity contribution in [1.82, 2.24) is 0 Å². The van der Waals surface area contributed by atoms with E-state index >= 15 is 0 Å². The fraction of sp³-hybridized carbons (Fsp3) is 0.909. The zero-order valence-electron chi connectivity index (χ0n) is 9.26. The third kappa shape index (κ3) is 5.67. The Bertz CT molecular complexity index is 159. The van der Waals surface area contributed by atoms with Crippen molar-refractivity contribution in [2.45, 2.75) is 53.4 Å². The molecular formula is C11H22O2. The molecule has 1 N–H and O–H groups in total. The molecule has 0 atom stereocenters. The van der Waals surface area contributed by atoms with E-state index in [2.05, 4.69) is 13.8 Å².